The summed E-state index contributed by atoms with van der Waals surface area (Å²) in [6, 6.07) is 7.41. The quantitative estimate of drug-likeness (QED) is 0.812. The molecule has 2 saturated carbocycles. The molecule has 4 heteroatoms. The SMILES string of the molecule is OCCN(c1ccc(Cl)cc1CNC1CC1)C1CCC1. The third-order valence-electron chi connectivity index (χ3n) is 4.37. The van der Waals surface area contributed by atoms with Crippen LogP contribution in [-0.4, -0.2) is 30.3 Å². The van der Waals surface area contributed by atoms with Crippen LogP contribution in [0.5, 0.6) is 0 Å². The van der Waals surface area contributed by atoms with Gasteiger partial charge in [-0.3, -0.25) is 0 Å². The van der Waals surface area contributed by atoms with Crippen molar-refractivity contribution in [1.82, 2.24) is 5.32 Å². The average molecular weight is 295 g/mol. The zero-order valence-corrected chi connectivity index (χ0v) is 12.6. The molecule has 1 aromatic carbocycles. The molecule has 0 atom stereocenters. The van der Waals surface area contributed by atoms with E-state index in [4.69, 9.17) is 11.6 Å². The van der Waals surface area contributed by atoms with E-state index in [9.17, 15) is 5.11 Å². The first kappa shape index (κ1) is 14.2. The highest BCUT2D eigenvalue weighted by atomic mass is 35.5. The molecule has 3 rings (SSSR count). The van der Waals surface area contributed by atoms with Gasteiger partial charge in [-0.1, -0.05) is 11.6 Å². The van der Waals surface area contributed by atoms with Crippen LogP contribution in [0.25, 0.3) is 0 Å². The average Bonchev–Trinajstić information content (AvgIpc) is 3.18. The molecule has 110 valence electrons. The molecule has 2 aliphatic rings. The van der Waals surface area contributed by atoms with Gasteiger partial charge in [-0.2, -0.15) is 0 Å². The van der Waals surface area contributed by atoms with Gasteiger partial charge in [-0.05, 0) is 55.9 Å². The fourth-order valence-electron chi connectivity index (χ4n) is 2.82. The van der Waals surface area contributed by atoms with E-state index in [1.54, 1.807) is 0 Å². The van der Waals surface area contributed by atoms with Crippen molar-refractivity contribution < 1.29 is 5.11 Å². The summed E-state index contributed by atoms with van der Waals surface area (Å²) in [5.74, 6) is 0. The molecule has 0 bridgehead atoms. The number of aliphatic hydroxyl groups is 1. The normalized spacial score (nSPS) is 18.9. The van der Waals surface area contributed by atoms with Gasteiger partial charge >= 0.3 is 0 Å². The van der Waals surface area contributed by atoms with E-state index in [0.29, 0.717) is 18.6 Å². The lowest BCUT2D eigenvalue weighted by Gasteiger charge is -2.40. The lowest BCUT2D eigenvalue weighted by atomic mass is 9.90. The predicted octanol–water partition coefficient (Wildman–Crippen LogP) is 2.94. The largest absolute Gasteiger partial charge is 0.395 e. The van der Waals surface area contributed by atoms with E-state index >= 15 is 0 Å². The number of rotatable bonds is 7. The zero-order valence-electron chi connectivity index (χ0n) is 11.8. The van der Waals surface area contributed by atoms with Crippen LogP contribution in [0.2, 0.25) is 5.02 Å². The summed E-state index contributed by atoms with van der Waals surface area (Å²) in [5, 5.41) is 13.7. The van der Waals surface area contributed by atoms with Crippen molar-refractivity contribution in [3.63, 3.8) is 0 Å². The molecule has 3 nitrogen and oxygen atoms in total. The van der Waals surface area contributed by atoms with Crippen molar-refractivity contribution in [1.29, 1.82) is 0 Å². The molecule has 0 spiro atoms. The van der Waals surface area contributed by atoms with Crippen LogP contribution in [-0.2, 0) is 6.54 Å². The minimum atomic E-state index is 0.203. The molecular formula is C16H23ClN2O. The fourth-order valence-corrected chi connectivity index (χ4v) is 3.02. The Bertz CT molecular complexity index is 458. The Balaban J connectivity index is 1.80. The summed E-state index contributed by atoms with van der Waals surface area (Å²) < 4.78 is 0. The van der Waals surface area contributed by atoms with Gasteiger partial charge < -0.3 is 15.3 Å². The molecule has 0 amide bonds. The third kappa shape index (κ3) is 3.27. The Kier molecular flexibility index (Phi) is 4.49. The Labute approximate surface area is 125 Å². The molecule has 2 aliphatic carbocycles. The topological polar surface area (TPSA) is 35.5 Å². The number of anilines is 1. The van der Waals surface area contributed by atoms with Crippen LogP contribution < -0.4 is 10.2 Å². The number of aliphatic hydroxyl groups excluding tert-OH is 1. The van der Waals surface area contributed by atoms with Crippen molar-refractivity contribution in [2.75, 3.05) is 18.1 Å². The minimum absolute atomic E-state index is 0.203. The van der Waals surface area contributed by atoms with E-state index in [2.05, 4.69) is 22.3 Å². The smallest absolute Gasteiger partial charge is 0.0606 e. The van der Waals surface area contributed by atoms with Gasteiger partial charge in [-0.15, -0.1) is 0 Å². The summed E-state index contributed by atoms with van der Waals surface area (Å²) in [7, 11) is 0. The van der Waals surface area contributed by atoms with Gasteiger partial charge in [0.05, 0.1) is 6.61 Å². The van der Waals surface area contributed by atoms with Crippen LogP contribution in [0.4, 0.5) is 5.69 Å². The molecule has 0 unspecified atom stereocenters. The van der Waals surface area contributed by atoms with Gasteiger partial charge in [-0.25, -0.2) is 0 Å². The third-order valence-corrected chi connectivity index (χ3v) is 4.60. The first-order chi connectivity index (χ1) is 9.78. The van der Waals surface area contributed by atoms with Crippen LogP contribution in [0, 0.1) is 0 Å². The molecule has 2 N–H and O–H groups in total. The van der Waals surface area contributed by atoms with Gasteiger partial charge in [0, 0.05) is 35.9 Å². The number of halogens is 1. The summed E-state index contributed by atoms with van der Waals surface area (Å²) in [5.41, 5.74) is 2.49. The molecule has 0 aromatic heterocycles. The van der Waals surface area contributed by atoms with E-state index < -0.39 is 0 Å². The highest BCUT2D eigenvalue weighted by Gasteiger charge is 2.27. The lowest BCUT2D eigenvalue weighted by molar-refractivity contribution is 0.283. The second-order valence-electron chi connectivity index (χ2n) is 5.93. The summed E-state index contributed by atoms with van der Waals surface area (Å²) in [4.78, 5) is 2.36. The lowest BCUT2D eigenvalue weighted by Crippen LogP contribution is -2.42. The van der Waals surface area contributed by atoms with Crippen LogP contribution >= 0.6 is 11.6 Å². The van der Waals surface area contributed by atoms with E-state index in [1.165, 1.54) is 43.4 Å². The Hall–Kier alpha value is -0.770. The van der Waals surface area contributed by atoms with Crippen LogP contribution in [0.3, 0.4) is 0 Å². The number of nitrogens with zero attached hydrogens (tertiary/aromatic N) is 1. The Morgan fingerprint density at radius 2 is 2.05 bits per heavy atom. The molecule has 0 saturated heterocycles. The van der Waals surface area contributed by atoms with Crippen LogP contribution in [0.15, 0.2) is 18.2 Å². The van der Waals surface area contributed by atoms with Gasteiger partial charge in [0.25, 0.3) is 0 Å². The highest BCUT2D eigenvalue weighted by molar-refractivity contribution is 6.30. The summed E-state index contributed by atoms with van der Waals surface area (Å²) in [6.07, 6.45) is 6.35. The maximum atomic E-state index is 9.36. The number of hydrogen-bond acceptors (Lipinski definition) is 3. The zero-order chi connectivity index (χ0) is 13.9. The monoisotopic (exact) mass is 294 g/mol. The second kappa shape index (κ2) is 6.33. The van der Waals surface area contributed by atoms with E-state index in [1.807, 2.05) is 6.07 Å². The standard InChI is InChI=1S/C16H23ClN2O/c17-13-4-7-16(12(10-13)11-18-14-5-6-14)19(8-9-20)15-2-1-3-15/h4,7,10,14-15,18,20H,1-3,5-6,8-9,11H2. The van der Waals surface area contributed by atoms with Gasteiger partial charge in [0.2, 0.25) is 0 Å². The molecule has 0 heterocycles. The maximum Gasteiger partial charge on any atom is 0.0606 e. The van der Waals surface area contributed by atoms with Gasteiger partial charge in [0.1, 0.15) is 0 Å². The van der Waals surface area contributed by atoms with Crippen molar-refractivity contribution in [2.45, 2.75) is 50.7 Å². The van der Waals surface area contributed by atoms with E-state index in [0.717, 1.165) is 11.6 Å². The molecule has 0 radical (unpaired) electrons. The number of nitrogens with one attached hydrogen (secondary N) is 1. The first-order valence-electron chi connectivity index (χ1n) is 7.67. The molecule has 0 aliphatic heterocycles. The molecule has 1 aromatic rings. The predicted molar refractivity (Wildman–Crippen MR) is 83.4 cm³/mol. The number of hydrogen-bond donors (Lipinski definition) is 2. The summed E-state index contributed by atoms with van der Waals surface area (Å²) in [6.45, 7) is 1.78. The van der Waals surface area contributed by atoms with Crippen molar-refractivity contribution in [3.8, 4) is 0 Å². The van der Waals surface area contributed by atoms with Crippen molar-refractivity contribution >= 4 is 17.3 Å². The number of benzene rings is 1. The van der Waals surface area contributed by atoms with Crippen molar-refractivity contribution in [2.24, 2.45) is 0 Å². The first-order valence-corrected chi connectivity index (χ1v) is 8.05. The van der Waals surface area contributed by atoms with Crippen molar-refractivity contribution in [3.05, 3.63) is 28.8 Å². The van der Waals surface area contributed by atoms with E-state index in [-0.39, 0.29) is 6.61 Å². The molecular weight excluding hydrogens is 272 g/mol. The Morgan fingerprint density at radius 1 is 1.25 bits per heavy atom. The van der Waals surface area contributed by atoms with Gasteiger partial charge in [0.15, 0.2) is 0 Å². The summed E-state index contributed by atoms with van der Waals surface area (Å²) >= 11 is 6.16. The minimum Gasteiger partial charge on any atom is -0.395 e. The Morgan fingerprint density at radius 3 is 2.65 bits per heavy atom. The fraction of sp³-hybridized carbons (Fsp3) is 0.625. The maximum absolute atomic E-state index is 9.36. The molecule has 2 fully saturated rings. The highest BCUT2D eigenvalue weighted by Crippen LogP contribution is 2.33. The van der Waals surface area contributed by atoms with Crippen LogP contribution in [0.1, 0.15) is 37.7 Å². The second-order valence-corrected chi connectivity index (χ2v) is 6.37. The molecule has 20 heavy (non-hydrogen) atoms.